The minimum absolute atomic E-state index is 0.0242. The highest BCUT2D eigenvalue weighted by atomic mass is 19.3. The van der Waals surface area contributed by atoms with E-state index in [1.54, 1.807) is 25.1 Å². The van der Waals surface area contributed by atoms with Crippen LogP contribution >= 0.6 is 0 Å². The minimum atomic E-state index is -2.96. The number of aryl methyl sites for hydroxylation is 1. The molecule has 0 spiro atoms. The quantitative estimate of drug-likeness (QED) is 0.381. The topological polar surface area (TPSA) is 150 Å². The van der Waals surface area contributed by atoms with Crippen molar-refractivity contribution in [2.45, 2.75) is 94.4 Å². The van der Waals surface area contributed by atoms with Crippen LogP contribution in [0.2, 0.25) is 0 Å². The van der Waals surface area contributed by atoms with Gasteiger partial charge >= 0.3 is 0 Å². The number of alkyl halides is 4. The summed E-state index contributed by atoms with van der Waals surface area (Å²) in [5.74, 6) is -6.90. The van der Waals surface area contributed by atoms with Gasteiger partial charge in [-0.25, -0.2) is 36.7 Å². The monoisotopic (exact) mass is 638 g/mol. The van der Waals surface area contributed by atoms with Crippen LogP contribution < -0.4 is 5.32 Å². The summed E-state index contributed by atoms with van der Waals surface area (Å²) in [5, 5.41) is 14.6. The number of imidazole rings is 1. The molecule has 0 aromatic carbocycles. The maximum Gasteiger partial charge on any atom is 0.276 e. The Morgan fingerprint density at radius 1 is 1.07 bits per heavy atom. The molecule has 0 bridgehead atoms. The van der Waals surface area contributed by atoms with Crippen molar-refractivity contribution in [3.05, 3.63) is 35.2 Å². The van der Waals surface area contributed by atoms with Gasteiger partial charge in [0.1, 0.15) is 18.4 Å². The second kappa shape index (κ2) is 12.2. The second-order valence-electron chi connectivity index (χ2n) is 12.1. The van der Waals surface area contributed by atoms with E-state index in [1.165, 1.54) is 10.7 Å². The van der Waals surface area contributed by atoms with Crippen molar-refractivity contribution in [2.75, 3.05) is 20.3 Å². The van der Waals surface area contributed by atoms with Crippen molar-refractivity contribution in [1.82, 2.24) is 40.1 Å². The Hall–Kier alpha value is -3.73. The zero-order valence-corrected chi connectivity index (χ0v) is 24.8. The van der Waals surface area contributed by atoms with Crippen molar-refractivity contribution in [3.63, 3.8) is 0 Å². The van der Waals surface area contributed by atoms with Gasteiger partial charge in [-0.1, -0.05) is 5.16 Å². The number of nitrogens with one attached hydrogen (secondary N) is 1. The van der Waals surface area contributed by atoms with Crippen LogP contribution in [-0.4, -0.2) is 90.9 Å². The molecule has 1 aliphatic carbocycles. The van der Waals surface area contributed by atoms with Gasteiger partial charge in [-0.3, -0.25) is 9.59 Å². The van der Waals surface area contributed by atoms with Crippen molar-refractivity contribution >= 4 is 17.6 Å². The van der Waals surface area contributed by atoms with Crippen LogP contribution in [0.25, 0.3) is 5.78 Å². The van der Waals surface area contributed by atoms with Crippen LogP contribution in [0.1, 0.15) is 91.0 Å². The SMILES string of the molecule is CO[C@@H]1CCN(C(=O)[C@@H]2CCC(F)(F)CO2)[C@H](c2cnn3cc([C@@H](NC(=O)c4nonc4C)C4CCC(F)(F)CC4)nc3n2)C1. The molecule has 45 heavy (non-hydrogen) atoms. The first-order valence-electron chi connectivity index (χ1n) is 15.0. The Labute approximate surface area is 255 Å². The predicted molar refractivity (Wildman–Crippen MR) is 145 cm³/mol. The maximum absolute atomic E-state index is 14.0. The highest BCUT2D eigenvalue weighted by Crippen LogP contribution is 2.41. The number of likely N-dealkylation sites (tertiary alicyclic amines) is 1. The van der Waals surface area contributed by atoms with Gasteiger partial charge in [0, 0.05) is 32.9 Å². The van der Waals surface area contributed by atoms with E-state index >= 15 is 0 Å². The van der Waals surface area contributed by atoms with Gasteiger partial charge in [0.25, 0.3) is 23.5 Å². The molecule has 1 N–H and O–H groups in total. The third-order valence-corrected chi connectivity index (χ3v) is 8.99. The summed E-state index contributed by atoms with van der Waals surface area (Å²) < 4.78 is 72.3. The molecule has 3 fully saturated rings. The van der Waals surface area contributed by atoms with Gasteiger partial charge in [-0.15, -0.1) is 0 Å². The number of ether oxygens (including phenoxy) is 2. The Bertz CT molecular complexity index is 1530. The van der Waals surface area contributed by atoms with E-state index in [0.717, 1.165) is 0 Å². The lowest BCUT2D eigenvalue weighted by Gasteiger charge is -2.41. The average Bonchev–Trinajstić information content (AvgIpc) is 3.65. The smallest absolute Gasteiger partial charge is 0.276 e. The molecule has 4 atom stereocenters. The number of methoxy groups -OCH3 is 1. The van der Waals surface area contributed by atoms with Crippen LogP contribution in [0.15, 0.2) is 17.0 Å². The van der Waals surface area contributed by atoms with Crippen LogP contribution in [-0.2, 0) is 14.3 Å². The van der Waals surface area contributed by atoms with E-state index in [0.29, 0.717) is 30.8 Å². The molecule has 6 rings (SSSR count). The molecule has 5 heterocycles. The number of nitrogens with zero attached hydrogens (tertiary/aromatic N) is 7. The Kier molecular flexibility index (Phi) is 8.49. The normalized spacial score (nSPS) is 26.1. The highest BCUT2D eigenvalue weighted by Gasteiger charge is 2.43. The number of carbonyl (C=O) groups excluding carboxylic acids is 2. The predicted octanol–water partition coefficient (Wildman–Crippen LogP) is 3.61. The van der Waals surface area contributed by atoms with Gasteiger partial charge in [0.2, 0.25) is 5.92 Å². The molecule has 3 aliphatic rings. The fourth-order valence-corrected chi connectivity index (χ4v) is 6.38. The lowest BCUT2D eigenvalue weighted by molar-refractivity contribution is -0.174. The van der Waals surface area contributed by atoms with Crippen molar-refractivity contribution in [2.24, 2.45) is 5.92 Å². The number of fused-ring (bicyclic) bond motifs is 1. The first-order chi connectivity index (χ1) is 21.4. The molecule has 2 aliphatic heterocycles. The number of amides is 2. The molecular formula is C28H34F4N8O5. The van der Waals surface area contributed by atoms with E-state index < -0.39 is 54.9 Å². The summed E-state index contributed by atoms with van der Waals surface area (Å²) >= 11 is 0. The van der Waals surface area contributed by atoms with E-state index in [2.05, 4.69) is 30.3 Å². The number of hydrogen-bond acceptors (Lipinski definition) is 10. The van der Waals surface area contributed by atoms with Gasteiger partial charge < -0.3 is 19.7 Å². The van der Waals surface area contributed by atoms with Crippen molar-refractivity contribution in [1.29, 1.82) is 0 Å². The fraction of sp³-hybridized carbons (Fsp3) is 0.679. The minimum Gasteiger partial charge on any atom is -0.381 e. The molecule has 2 saturated heterocycles. The number of aromatic nitrogens is 6. The van der Waals surface area contributed by atoms with E-state index in [4.69, 9.17) is 14.5 Å². The van der Waals surface area contributed by atoms with Gasteiger partial charge in [0.05, 0.1) is 42.0 Å². The molecule has 0 radical (unpaired) electrons. The zero-order valence-electron chi connectivity index (χ0n) is 24.8. The Morgan fingerprint density at radius 3 is 2.49 bits per heavy atom. The second-order valence-corrected chi connectivity index (χ2v) is 12.1. The lowest BCUT2D eigenvalue weighted by Crippen LogP contribution is -2.50. The van der Waals surface area contributed by atoms with Crippen LogP contribution in [0, 0.1) is 12.8 Å². The molecule has 244 valence electrons. The Balaban J connectivity index is 1.28. The molecule has 0 unspecified atom stereocenters. The molecular weight excluding hydrogens is 604 g/mol. The standard InChI is InChI=1S/C28H34F4N8O5/c1-15-22(38-45-37-15)24(41)36-23(16-3-7-27(29,30)8-4-16)19-13-40-26(35-19)34-18(12-33-40)20-11-17(43-2)6-10-39(20)25(42)21-5-9-28(31,32)14-44-21/h12-13,16-17,20-21,23H,3-11,14H2,1-2H3,(H,36,41)/t17-,20+,21+,23+/m1/s1. The number of carbonyl (C=O) groups is 2. The third-order valence-electron chi connectivity index (χ3n) is 8.99. The first-order valence-corrected chi connectivity index (χ1v) is 15.0. The van der Waals surface area contributed by atoms with Gasteiger partial charge in [-0.05, 0) is 50.1 Å². The molecule has 17 heteroatoms. The van der Waals surface area contributed by atoms with E-state index in [-0.39, 0.29) is 61.3 Å². The average molecular weight is 639 g/mol. The molecule has 2 amide bonds. The molecule has 3 aromatic heterocycles. The van der Waals surface area contributed by atoms with Crippen molar-refractivity contribution in [3.8, 4) is 0 Å². The van der Waals surface area contributed by atoms with E-state index in [1.807, 2.05) is 0 Å². The van der Waals surface area contributed by atoms with Gasteiger partial charge in [-0.2, -0.15) is 5.10 Å². The van der Waals surface area contributed by atoms with Crippen LogP contribution in [0.4, 0.5) is 17.6 Å². The summed E-state index contributed by atoms with van der Waals surface area (Å²) in [4.78, 5) is 37.5. The maximum atomic E-state index is 14.0. The molecule has 1 saturated carbocycles. The number of rotatable bonds is 7. The summed E-state index contributed by atoms with van der Waals surface area (Å²) in [6.07, 6.45) is 1.98. The van der Waals surface area contributed by atoms with Crippen molar-refractivity contribution < 1.29 is 41.3 Å². The third kappa shape index (κ3) is 6.64. The largest absolute Gasteiger partial charge is 0.381 e. The summed E-state index contributed by atoms with van der Waals surface area (Å²) in [7, 11) is 1.58. The van der Waals surface area contributed by atoms with Gasteiger partial charge in [0.15, 0.2) is 5.69 Å². The highest BCUT2D eigenvalue weighted by molar-refractivity contribution is 5.93. The summed E-state index contributed by atoms with van der Waals surface area (Å²) in [6, 6.07) is -1.34. The van der Waals surface area contributed by atoms with Crippen LogP contribution in [0.3, 0.4) is 0 Å². The summed E-state index contributed by atoms with van der Waals surface area (Å²) in [6.45, 7) is 1.06. The number of piperidine rings is 1. The summed E-state index contributed by atoms with van der Waals surface area (Å²) in [5.41, 5.74) is 1.03. The first kappa shape index (κ1) is 31.3. The molecule has 3 aromatic rings. The molecule has 13 nitrogen and oxygen atoms in total. The zero-order chi connectivity index (χ0) is 31.9. The lowest BCUT2D eigenvalue weighted by atomic mass is 9.81. The number of hydrogen-bond donors (Lipinski definition) is 1. The van der Waals surface area contributed by atoms with Crippen LogP contribution in [0.5, 0.6) is 0 Å². The number of halogens is 4. The fourth-order valence-electron chi connectivity index (χ4n) is 6.38. The van der Waals surface area contributed by atoms with E-state index in [9.17, 15) is 27.2 Å². The Morgan fingerprint density at radius 2 is 1.82 bits per heavy atom.